The number of nitrogens with zero attached hydrogens (tertiary/aromatic N) is 1. The highest BCUT2D eigenvalue weighted by Crippen LogP contribution is 2.09. The number of aromatic nitrogens is 1. The Labute approximate surface area is 136 Å². The molecule has 6 heteroatoms. The van der Waals surface area contributed by atoms with Gasteiger partial charge in [-0.1, -0.05) is 60.7 Å². The minimum Gasteiger partial charge on any atom is -0.533 e. The molecule has 1 aromatic heterocycles. The summed E-state index contributed by atoms with van der Waals surface area (Å²) in [6.07, 6.45) is 3.29. The Hall–Kier alpha value is -2.56. The van der Waals surface area contributed by atoms with Gasteiger partial charge in [-0.25, -0.2) is 0 Å². The molecule has 0 aliphatic heterocycles. The van der Waals surface area contributed by atoms with Crippen molar-refractivity contribution in [1.29, 1.82) is 0 Å². The van der Waals surface area contributed by atoms with Gasteiger partial charge in [0.25, 0.3) is 0 Å². The van der Waals surface area contributed by atoms with Crippen molar-refractivity contribution < 1.29 is 14.3 Å². The molecule has 0 saturated carbocycles. The van der Waals surface area contributed by atoms with Crippen molar-refractivity contribution in [2.24, 2.45) is 0 Å². The molecule has 0 unspecified atom stereocenters. The Bertz CT molecular complexity index is 714. The minimum atomic E-state index is -1.08. The van der Waals surface area contributed by atoms with Crippen LogP contribution in [-0.4, -0.2) is 24.2 Å². The van der Waals surface area contributed by atoms with Crippen LogP contribution in [0, 0.1) is 0 Å². The monoisotopic (exact) mass is 303 g/mol. The molecule has 0 saturated heterocycles. The fourth-order valence-corrected chi connectivity index (χ4v) is 2.14. The summed E-state index contributed by atoms with van der Waals surface area (Å²) in [5, 5.41) is 10.3. The Balaban J connectivity index is 1.81. The fraction of sp³-hybridized carbons (Fsp3) is 0. The molecule has 0 fully saturated rings. The van der Waals surface area contributed by atoms with Crippen LogP contribution >= 0.6 is 0 Å². The van der Waals surface area contributed by atoms with Gasteiger partial charge >= 0.3 is 14.2 Å². The second-order valence-corrected chi connectivity index (χ2v) is 4.94. The third-order valence-corrected chi connectivity index (χ3v) is 3.30. The van der Waals surface area contributed by atoms with Crippen LogP contribution in [0.2, 0.25) is 0 Å². The van der Waals surface area contributed by atoms with Gasteiger partial charge in [0.1, 0.15) is 5.75 Å². The lowest BCUT2D eigenvalue weighted by molar-refractivity contribution is 0.384. The molecule has 0 amide bonds. The lowest BCUT2D eigenvalue weighted by Crippen LogP contribution is -2.48. The fourth-order valence-electron chi connectivity index (χ4n) is 2.14. The molecule has 0 aliphatic rings. The van der Waals surface area contributed by atoms with Crippen LogP contribution in [0.5, 0.6) is 5.75 Å². The average Bonchev–Trinajstić information content (AvgIpc) is 2.63. The van der Waals surface area contributed by atoms with E-state index in [0.29, 0.717) is 11.2 Å². The molecule has 112 valence electrons. The summed E-state index contributed by atoms with van der Waals surface area (Å²) in [4.78, 5) is 3.96. The summed E-state index contributed by atoms with van der Waals surface area (Å²) >= 11 is 0. The summed E-state index contributed by atoms with van der Waals surface area (Å²) in [7, 11) is -1.81. The Kier molecular flexibility index (Phi) is 5.09. The number of pyridine rings is 1. The first-order valence-electron chi connectivity index (χ1n) is 7.33. The van der Waals surface area contributed by atoms with E-state index in [9.17, 15) is 5.02 Å². The van der Waals surface area contributed by atoms with Crippen LogP contribution in [0.1, 0.15) is 0 Å². The zero-order valence-electron chi connectivity index (χ0n) is 12.4. The van der Waals surface area contributed by atoms with Crippen LogP contribution in [0.25, 0.3) is 0 Å². The van der Waals surface area contributed by atoms with Crippen molar-refractivity contribution in [3.05, 3.63) is 85.2 Å². The van der Waals surface area contributed by atoms with Crippen molar-refractivity contribution >= 4 is 25.2 Å². The standard InChI is InChI=1S/C17H15B2NO3/c21-18(15-7-3-1-4-8-15)23-19(16-9-5-2-6-10-16)22-17-11-13-20-14-12-17/h1-14,21H. The molecule has 23 heavy (non-hydrogen) atoms. The first-order chi connectivity index (χ1) is 11.3. The second-order valence-electron chi connectivity index (χ2n) is 4.94. The predicted octanol–water partition coefficient (Wildman–Crippen LogP) is 1.26. The highest BCUT2D eigenvalue weighted by molar-refractivity contribution is 6.74. The van der Waals surface area contributed by atoms with Gasteiger partial charge in [-0.2, -0.15) is 0 Å². The third kappa shape index (κ3) is 4.22. The van der Waals surface area contributed by atoms with E-state index in [1.54, 1.807) is 36.7 Å². The molecule has 0 radical (unpaired) electrons. The lowest BCUT2D eigenvalue weighted by Gasteiger charge is -2.18. The van der Waals surface area contributed by atoms with E-state index in [4.69, 9.17) is 9.23 Å². The van der Waals surface area contributed by atoms with Crippen LogP contribution in [-0.2, 0) is 4.57 Å². The molecule has 1 N–H and O–H groups in total. The SMILES string of the molecule is OB(OB(Oc1ccncc1)c1ccccc1)c1ccccc1. The maximum absolute atomic E-state index is 10.3. The molecule has 0 atom stereocenters. The summed E-state index contributed by atoms with van der Waals surface area (Å²) in [5.74, 6) is 0.620. The predicted molar refractivity (Wildman–Crippen MR) is 91.8 cm³/mol. The van der Waals surface area contributed by atoms with Gasteiger partial charge in [0.2, 0.25) is 0 Å². The molecular weight excluding hydrogens is 288 g/mol. The summed E-state index contributed by atoms with van der Waals surface area (Å²) < 4.78 is 11.6. The molecular formula is C17H15B2NO3. The van der Waals surface area contributed by atoms with Gasteiger partial charge in [-0.15, -0.1) is 0 Å². The summed E-state index contributed by atoms with van der Waals surface area (Å²) in [6.45, 7) is 0. The highest BCUT2D eigenvalue weighted by Gasteiger charge is 2.30. The first kappa shape index (κ1) is 15.3. The average molecular weight is 303 g/mol. The molecule has 0 aliphatic carbocycles. The minimum absolute atomic E-state index is 0.620. The molecule has 4 nitrogen and oxygen atoms in total. The van der Waals surface area contributed by atoms with E-state index in [0.717, 1.165) is 5.46 Å². The van der Waals surface area contributed by atoms with Crippen molar-refractivity contribution in [3.8, 4) is 5.75 Å². The molecule has 2 aromatic carbocycles. The van der Waals surface area contributed by atoms with Gasteiger partial charge in [-0.3, -0.25) is 4.98 Å². The van der Waals surface area contributed by atoms with Crippen LogP contribution in [0.3, 0.4) is 0 Å². The summed E-state index contributed by atoms with van der Waals surface area (Å²) in [6, 6.07) is 22.2. The lowest BCUT2D eigenvalue weighted by atomic mass is 9.71. The Morgan fingerprint density at radius 2 is 1.30 bits per heavy atom. The second kappa shape index (κ2) is 7.63. The third-order valence-electron chi connectivity index (χ3n) is 3.30. The number of rotatable bonds is 6. The molecule has 0 bridgehead atoms. The zero-order chi connectivity index (χ0) is 15.9. The number of hydrogen-bond acceptors (Lipinski definition) is 4. The molecule has 3 aromatic rings. The zero-order valence-corrected chi connectivity index (χ0v) is 12.4. The van der Waals surface area contributed by atoms with Crippen LogP contribution in [0.15, 0.2) is 85.2 Å². The van der Waals surface area contributed by atoms with E-state index >= 15 is 0 Å². The maximum Gasteiger partial charge on any atom is 0.549 e. The summed E-state index contributed by atoms with van der Waals surface area (Å²) in [5.41, 5.74) is 1.49. The largest absolute Gasteiger partial charge is 0.549 e. The van der Waals surface area contributed by atoms with Crippen molar-refractivity contribution in [1.82, 2.24) is 4.98 Å². The Morgan fingerprint density at radius 3 is 1.91 bits per heavy atom. The van der Waals surface area contributed by atoms with Gasteiger partial charge in [0, 0.05) is 12.4 Å². The van der Waals surface area contributed by atoms with Crippen molar-refractivity contribution in [3.63, 3.8) is 0 Å². The highest BCUT2D eigenvalue weighted by atomic mass is 16.6. The topological polar surface area (TPSA) is 51.6 Å². The van der Waals surface area contributed by atoms with E-state index in [-0.39, 0.29) is 0 Å². The quantitative estimate of drug-likeness (QED) is 0.697. The first-order valence-corrected chi connectivity index (χ1v) is 7.33. The van der Waals surface area contributed by atoms with E-state index in [2.05, 4.69) is 4.98 Å². The van der Waals surface area contributed by atoms with E-state index < -0.39 is 14.2 Å². The van der Waals surface area contributed by atoms with E-state index in [1.807, 2.05) is 48.5 Å². The molecule has 3 rings (SSSR count). The van der Waals surface area contributed by atoms with Gasteiger partial charge in [0.15, 0.2) is 0 Å². The smallest absolute Gasteiger partial charge is 0.533 e. The number of benzene rings is 2. The van der Waals surface area contributed by atoms with E-state index in [1.165, 1.54) is 0 Å². The van der Waals surface area contributed by atoms with Gasteiger partial charge in [-0.05, 0) is 23.1 Å². The number of hydrogen-bond donors (Lipinski definition) is 1. The van der Waals surface area contributed by atoms with Crippen LogP contribution in [0.4, 0.5) is 0 Å². The normalized spacial score (nSPS) is 10.1. The van der Waals surface area contributed by atoms with Gasteiger partial charge < -0.3 is 14.3 Å². The maximum atomic E-state index is 10.3. The van der Waals surface area contributed by atoms with Crippen LogP contribution < -0.4 is 15.6 Å². The molecule has 0 spiro atoms. The van der Waals surface area contributed by atoms with Gasteiger partial charge in [0.05, 0.1) is 0 Å². The molecule has 1 heterocycles. The Morgan fingerprint density at radius 1 is 0.739 bits per heavy atom. The van der Waals surface area contributed by atoms with Crippen molar-refractivity contribution in [2.45, 2.75) is 0 Å². The van der Waals surface area contributed by atoms with Crippen molar-refractivity contribution in [2.75, 3.05) is 0 Å².